The van der Waals surface area contributed by atoms with E-state index < -0.39 is 0 Å². The summed E-state index contributed by atoms with van der Waals surface area (Å²) in [7, 11) is 2.20. The lowest BCUT2D eigenvalue weighted by molar-refractivity contribution is 0.153. The zero-order chi connectivity index (χ0) is 17.9. The van der Waals surface area contributed by atoms with Crippen molar-refractivity contribution < 1.29 is 0 Å². The highest BCUT2D eigenvalue weighted by molar-refractivity contribution is 7.99. The zero-order valence-electron chi connectivity index (χ0n) is 15.2. The van der Waals surface area contributed by atoms with Gasteiger partial charge in [-0.2, -0.15) is 5.26 Å². The predicted octanol–water partition coefficient (Wildman–Crippen LogP) is 3.80. The van der Waals surface area contributed by atoms with E-state index in [0.717, 1.165) is 51.3 Å². The molecule has 4 rings (SSSR count). The van der Waals surface area contributed by atoms with Crippen LogP contribution in [0, 0.1) is 11.3 Å². The lowest BCUT2D eigenvalue weighted by Gasteiger charge is -2.35. The van der Waals surface area contributed by atoms with E-state index in [1.54, 1.807) is 11.8 Å². The van der Waals surface area contributed by atoms with Crippen LogP contribution in [0.5, 0.6) is 0 Å². The molecule has 0 N–H and O–H groups in total. The minimum atomic E-state index is 0.729. The highest BCUT2D eigenvalue weighted by Crippen LogP contribution is 2.48. The van der Waals surface area contributed by atoms with E-state index in [2.05, 4.69) is 58.1 Å². The van der Waals surface area contributed by atoms with Crippen LogP contribution in [0.4, 0.5) is 11.4 Å². The summed E-state index contributed by atoms with van der Waals surface area (Å²) in [5.41, 5.74) is 3.16. The lowest BCUT2D eigenvalue weighted by Crippen LogP contribution is -2.45. The maximum atomic E-state index is 9.30. The van der Waals surface area contributed by atoms with Crippen molar-refractivity contribution in [1.82, 2.24) is 9.80 Å². The summed E-state index contributed by atoms with van der Waals surface area (Å²) >= 11 is 1.80. The van der Waals surface area contributed by atoms with Crippen molar-refractivity contribution >= 4 is 23.1 Å². The van der Waals surface area contributed by atoms with Gasteiger partial charge in [-0.1, -0.05) is 23.9 Å². The fraction of sp³-hybridized carbons (Fsp3) is 0.381. The van der Waals surface area contributed by atoms with Gasteiger partial charge in [-0.15, -0.1) is 0 Å². The number of piperazine rings is 1. The summed E-state index contributed by atoms with van der Waals surface area (Å²) in [5, 5.41) is 9.30. The molecular formula is C21H24N4S. The van der Waals surface area contributed by atoms with Crippen LogP contribution in [-0.2, 0) is 0 Å². The molecule has 0 radical (unpaired) electrons. The van der Waals surface area contributed by atoms with E-state index >= 15 is 0 Å². The fourth-order valence-corrected chi connectivity index (χ4v) is 4.74. The lowest BCUT2D eigenvalue weighted by atomic mass is 10.1. The van der Waals surface area contributed by atoms with E-state index in [-0.39, 0.29) is 0 Å². The smallest absolute Gasteiger partial charge is 0.0992 e. The predicted molar refractivity (Wildman–Crippen MR) is 107 cm³/mol. The third kappa shape index (κ3) is 3.59. The van der Waals surface area contributed by atoms with Gasteiger partial charge in [-0.25, -0.2) is 0 Å². The number of anilines is 2. The van der Waals surface area contributed by atoms with Crippen LogP contribution in [0.25, 0.3) is 0 Å². The Balaban J connectivity index is 1.52. The molecule has 4 nitrogen and oxygen atoms in total. The Morgan fingerprint density at radius 3 is 2.54 bits per heavy atom. The first kappa shape index (κ1) is 17.4. The summed E-state index contributed by atoms with van der Waals surface area (Å²) in [6, 6.07) is 16.9. The monoisotopic (exact) mass is 364 g/mol. The van der Waals surface area contributed by atoms with Crippen LogP contribution >= 0.6 is 11.8 Å². The third-order valence-electron chi connectivity index (χ3n) is 5.21. The molecule has 26 heavy (non-hydrogen) atoms. The minimum absolute atomic E-state index is 0.729. The van der Waals surface area contributed by atoms with Gasteiger partial charge >= 0.3 is 0 Å². The van der Waals surface area contributed by atoms with E-state index in [4.69, 9.17) is 0 Å². The van der Waals surface area contributed by atoms with Crippen LogP contribution in [0.2, 0.25) is 0 Å². The van der Waals surface area contributed by atoms with Crippen LogP contribution in [0.1, 0.15) is 12.0 Å². The molecule has 134 valence electrons. The first-order valence-electron chi connectivity index (χ1n) is 9.24. The quantitative estimate of drug-likeness (QED) is 0.824. The average molecular weight is 365 g/mol. The van der Waals surface area contributed by atoms with E-state index in [9.17, 15) is 5.26 Å². The molecule has 0 aliphatic carbocycles. The van der Waals surface area contributed by atoms with Crippen molar-refractivity contribution in [2.24, 2.45) is 0 Å². The van der Waals surface area contributed by atoms with Gasteiger partial charge in [0.25, 0.3) is 0 Å². The number of para-hydroxylation sites is 1. The summed E-state index contributed by atoms with van der Waals surface area (Å²) in [6.45, 7) is 6.77. The van der Waals surface area contributed by atoms with Gasteiger partial charge in [-0.05, 0) is 50.3 Å². The Bertz CT molecular complexity index is 821. The third-order valence-corrected chi connectivity index (χ3v) is 6.34. The molecular weight excluding hydrogens is 340 g/mol. The Morgan fingerprint density at radius 2 is 1.73 bits per heavy atom. The molecule has 1 saturated heterocycles. The molecule has 2 aromatic carbocycles. The molecule has 0 unspecified atom stereocenters. The number of hydrogen-bond acceptors (Lipinski definition) is 5. The SMILES string of the molecule is CN1CCN(CCCN2c3ccccc3Sc3ccc(C#N)cc32)CC1. The molecule has 0 amide bonds. The maximum Gasteiger partial charge on any atom is 0.0992 e. The second-order valence-electron chi connectivity index (χ2n) is 7.01. The minimum Gasteiger partial charge on any atom is -0.340 e. The molecule has 0 atom stereocenters. The first-order valence-corrected chi connectivity index (χ1v) is 10.1. The van der Waals surface area contributed by atoms with Crippen molar-refractivity contribution in [2.45, 2.75) is 16.2 Å². The van der Waals surface area contributed by atoms with Crippen molar-refractivity contribution in [2.75, 3.05) is 51.2 Å². The maximum absolute atomic E-state index is 9.30. The summed E-state index contributed by atoms with van der Waals surface area (Å²) in [4.78, 5) is 9.90. The Hall–Kier alpha value is -2.00. The van der Waals surface area contributed by atoms with Crippen LogP contribution in [0.15, 0.2) is 52.3 Å². The Kier molecular flexibility index (Phi) is 5.16. The number of nitriles is 1. The molecule has 0 aromatic heterocycles. The molecule has 5 heteroatoms. The number of hydrogen-bond donors (Lipinski definition) is 0. The Morgan fingerprint density at radius 1 is 0.962 bits per heavy atom. The van der Waals surface area contributed by atoms with Crippen LogP contribution in [0.3, 0.4) is 0 Å². The van der Waals surface area contributed by atoms with E-state index in [0.29, 0.717) is 0 Å². The highest BCUT2D eigenvalue weighted by Gasteiger charge is 2.23. The van der Waals surface area contributed by atoms with Gasteiger partial charge in [-0.3, -0.25) is 0 Å². The standard InChI is InChI=1S/C21H24N4S/c1-23-11-13-24(14-12-23)9-4-10-25-18-5-2-3-6-20(18)26-21-8-7-17(16-22)15-19(21)25/h2-3,5-8,15H,4,9-14H2,1H3. The van der Waals surface area contributed by atoms with Crippen LogP contribution in [-0.4, -0.2) is 56.1 Å². The van der Waals surface area contributed by atoms with Crippen molar-refractivity contribution in [3.8, 4) is 6.07 Å². The molecule has 2 aliphatic rings. The second kappa shape index (κ2) is 7.71. The second-order valence-corrected chi connectivity index (χ2v) is 8.10. The number of rotatable bonds is 4. The first-order chi connectivity index (χ1) is 12.7. The normalized spacial score (nSPS) is 17.5. The molecule has 2 aromatic rings. The molecule has 0 spiro atoms. The summed E-state index contributed by atoms with van der Waals surface area (Å²) < 4.78 is 0. The fourth-order valence-electron chi connectivity index (χ4n) is 3.66. The molecule has 0 bridgehead atoms. The van der Waals surface area contributed by atoms with Crippen molar-refractivity contribution in [3.05, 3.63) is 48.0 Å². The van der Waals surface area contributed by atoms with E-state index in [1.807, 2.05) is 12.1 Å². The number of nitrogens with zero attached hydrogens (tertiary/aromatic N) is 4. The van der Waals surface area contributed by atoms with Gasteiger partial charge in [0.1, 0.15) is 0 Å². The van der Waals surface area contributed by atoms with Gasteiger partial charge in [0.15, 0.2) is 0 Å². The zero-order valence-corrected chi connectivity index (χ0v) is 16.0. The summed E-state index contributed by atoms with van der Waals surface area (Å²) in [6.07, 6.45) is 1.12. The molecule has 2 aliphatic heterocycles. The van der Waals surface area contributed by atoms with Crippen molar-refractivity contribution in [3.63, 3.8) is 0 Å². The van der Waals surface area contributed by atoms with Crippen LogP contribution < -0.4 is 4.90 Å². The molecule has 0 saturated carbocycles. The number of fused-ring (bicyclic) bond motifs is 2. The summed E-state index contributed by atoms with van der Waals surface area (Å²) in [5.74, 6) is 0. The topological polar surface area (TPSA) is 33.5 Å². The van der Waals surface area contributed by atoms with E-state index in [1.165, 1.54) is 21.2 Å². The average Bonchev–Trinajstić information content (AvgIpc) is 2.68. The van der Waals surface area contributed by atoms with Gasteiger partial charge in [0.05, 0.1) is 23.0 Å². The number of benzene rings is 2. The molecule has 1 fully saturated rings. The van der Waals surface area contributed by atoms with Gasteiger partial charge in [0, 0.05) is 42.5 Å². The van der Waals surface area contributed by atoms with Gasteiger partial charge < -0.3 is 14.7 Å². The Labute approximate surface area is 160 Å². The molecule has 2 heterocycles. The largest absolute Gasteiger partial charge is 0.340 e. The number of likely N-dealkylation sites (N-methyl/N-ethyl adjacent to an activating group) is 1. The highest BCUT2D eigenvalue weighted by atomic mass is 32.2. The van der Waals surface area contributed by atoms with Gasteiger partial charge in [0.2, 0.25) is 0 Å². The van der Waals surface area contributed by atoms with Crippen molar-refractivity contribution in [1.29, 1.82) is 5.26 Å².